The van der Waals surface area contributed by atoms with E-state index in [0.717, 1.165) is 56.2 Å². The highest BCUT2D eigenvalue weighted by Crippen LogP contribution is 2.32. The number of amides is 2. The smallest absolute Gasteiger partial charge is 0.229 e. The zero-order valence-electron chi connectivity index (χ0n) is 10.9. The number of piperidine rings is 1. The molecule has 0 spiro atoms. The maximum absolute atomic E-state index is 12.1. The van der Waals surface area contributed by atoms with Crippen LogP contribution in [0.1, 0.15) is 25.7 Å². The van der Waals surface area contributed by atoms with Gasteiger partial charge in [0, 0.05) is 30.7 Å². The van der Waals surface area contributed by atoms with Gasteiger partial charge in [-0.25, -0.2) is 0 Å². The van der Waals surface area contributed by atoms with Crippen LogP contribution in [0.2, 0.25) is 0 Å². The number of hydrogen-bond acceptors (Lipinski definition) is 4. The van der Waals surface area contributed by atoms with E-state index in [-0.39, 0.29) is 17.7 Å². The summed E-state index contributed by atoms with van der Waals surface area (Å²) in [6.07, 6.45) is 3.66. The van der Waals surface area contributed by atoms with Crippen molar-refractivity contribution in [2.75, 3.05) is 25.4 Å². The molecule has 104 valence electrons. The molecule has 2 aliphatic heterocycles. The first kappa shape index (κ1) is 13.0. The Morgan fingerprint density at radius 1 is 1.16 bits per heavy atom. The number of likely N-dealkylation sites (tertiary alicyclic amines) is 1. The molecule has 1 saturated carbocycles. The van der Waals surface area contributed by atoms with Crippen LogP contribution in [-0.4, -0.2) is 47.3 Å². The first-order chi connectivity index (χ1) is 9.24. The minimum absolute atomic E-state index is 0.0344. The van der Waals surface area contributed by atoms with Gasteiger partial charge in [0.2, 0.25) is 11.8 Å². The van der Waals surface area contributed by atoms with E-state index in [2.05, 4.69) is 10.3 Å². The molecule has 5 nitrogen and oxygen atoms in total. The van der Waals surface area contributed by atoms with Gasteiger partial charge in [-0.05, 0) is 25.7 Å². The van der Waals surface area contributed by atoms with Crippen LogP contribution in [0.15, 0.2) is 4.99 Å². The van der Waals surface area contributed by atoms with Crippen molar-refractivity contribution in [3.05, 3.63) is 0 Å². The highest BCUT2D eigenvalue weighted by molar-refractivity contribution is 8.14. The second kappa shape index (κ2) is 5.53. The van der Waals surface area contributed by atoms with Gasteiger partial charge < -0.3 is 10.2 Å². The van der Waals surface area contributed by atoms with Crippen LogP contribution in [0.5, 0.6) is 0 Å². The molecule has 2 heterocycles. The fraction of sp³-hybridized carbons (Fsp3) is 0.769. The zero-order valence-corrected chi connectivity index (χ0v) is 11.7. The Balaban J connectivity index is 1.46. The molecule has 0 unspecified atom stereocenters. The molecule has 3 aliphatic rings. The summed E-state index contributed by atoms with van der Waals surface area (Å²) in [6, 6.07) is 0. The SMILES string of the molecule is O=C(NC1=NCCS1)C1CCN(C(=O)C2CC2)CC1. The average molecular weight is 281 g/mol. The van der Waals surface area contributed by atoms with Gasteiger partial charge in [0.1, 0.15) is 0 Å². The maximum Gasteiger partial charge on any atom is 0.229 e. The molecule has 1 aliphatic carbocycles. The number of rotatable bonds is 2. The average Bonchev–Trinajstić information content (AvgIpc) is 3.17. The molecule has 0 bridgehead atoms. The minimum Gasteiger partial charge on any atom is -0.342 e. The summed E-state index contributed by atoms with van der Waals surface area (Å²) in [4.78, 5) is 30.1. The van der Waals surface area contributed by atoms with Crippen molar-refractivity contribution in [1.82, 2.24) is 10.2 Å². The van der Waals surface area contributed by atoms with Crippen molar-refractivity contribution in [1.29, 1.82) is 0 Å². The normalized spacial score (nSPS) is 24.2. The van der Waals surface area contributed by atoms with E-state index in [4.69, 9.17) is 0 Å². The topological polar surface area (TPSA) is 61.8 Å². The summed E-state index contributed by atoms with van der Waals surface area (Å²) in [5.74, 6) is 1.66. The van der Waals surface area contributed by atoms with Crippen LogP contribution in [0.4, 0.5) is 0 Å². The fourth-order valence-electron chi connectivity index (χ4n) is 2.57. The number of amidine groups is 1. The second-order valence-corrected chi connectivity index (χ2v) is 6.48. The lowest BCUT2D eigenvalue weighted by Gasteiger charge is -2.31. The van der Waals surface area contributed by atoms with E-state index in [1.807, 2.05) is 4.90 Å². The van der Waals surface area contributed by atoms with Gasteiger partial charge in [0.05, 0.1) is 6.54 Å². The number of thioether (sulfide) groups is 1. The highest BCUT2D eigenvalue weighted by Gasteiger charge is 2.36. The van der Waals surface area contributed by atoms with Crippen LogP contribution in [0.3, 0.4) is 0 Å². The molecule has 6 heteroatoms. The van der Waals surface area contributed by atoms with E-state index in [1.165, 1.54) is 0 Å². The summed E-state index contributed by atoms with van der Waals surface area (Å²) in [7, 11) is 0. The minimum atomic E-state index is 0.0344. The lowest BCUT2D eigenvalue weighted by molar-refractivity contribution is -0.136. The summed E-state index contributed by atoms with van der Waals surface area (Å²) < 4.78 is 0. The third-order valence-corrected chi connectivity index (χ3v) is 4.81. The summed E-state index contributed by atoms with van der Waals surface area (Å²) >= 11 is 1.61. The van der Waals surface area contributed by atoms with Gasteiger partial charge in [-0.3, -0.25) is 14.6 Å². The second-order valence-electron chi connectivity index (χ2n) is 5.40. The van der Waals surface area contributed by atoms with Gasteiger partial charge in [-0.1, -0.05) is 11.8 Å². The van der Waals surface area contributed by atoms with E-state index in [9.17, 15) is 9.59 Å². The van der Waals surface area contributed by atoms with Gasteiger partial charge in [-0.2, -0.15) is 0 Å². The lowest BCUT2D eigenvalue weighted by atomic mass is 9.95. The van der Waals surface area contributed by atoms with Crippen molar-refractivity contribution in [2.45, 2.75) is 25.7 Å². The number of nitrogens with zero attached hydrogens (tertiary/aromatic N) is 2. The molecule has 19 heavy (non-hydrogen) atoms. The van der Waals surface area contributed by atoms with Crippen LogP contribution < -0.4 is 5.32 Å². The number of carbonyl (C=O) groups excluding carboxylic acids is 2. The Kier molecular flexibility index (Phi) is 3.77. The van der Waals surface area contributed by atoms with Crippen molar-refractivity contribution < 1.29 is 9.59 Å². The predicted molar refractivity (Wildman–Crippen MR) is 74.9 cm³/mol. The molecule has 1 N–H and O–H groups in total. The Labute approximate surface area is 117 Å². The standard InChI is InChI=1S/C13H19N3O2S/c17-11(15-13-14-5-8-19-13)9-3-6-16(7-4-9)12(18)10-1-2-10/h9-10H,1-8H2,(H,14,15,17). The third-order valence-electron chi connectivity index (χ3n) is 3.92. The number of carbonyl (C=O) groups is 2. The molecular weight excluding hydrogens is 262 g/mol. The summed E-state index contributed by atoms with van der Waals surface area (Å²) in [5.41, 5.74) is 0. The molecule has 3 rings (SSSR count). The molecule has 0 aromatic heterocycles. The number of aliphatic imine (C=N–C) groups is 1. The Morgan fingerprint density at radius 3 is 2.47 bits per heavy atom. The molecule has 0 aromatic rings. The highest BCUT2D eigenvalue weighted by atomic mass is 32.2. The van der Waals surface area contributed by atoms with Gasteiger partial charge in [0.15, 0.2) is 5.17 Å². The lowest BCUT2D eigenvalue weighted by Crippen LogP contribution is -2.44. The quantitative estimate of drug-likeness (QED) is 0.816. The van der Waals surface area contributed by atoms with Crippen LogP contribution >= 0.6 is 11.8 Å². The van der Waals surface area contributed by atoms with E-state index >= 15 is 0 Å². The Morgan fingerprint density at radius 2 is 1.89 bits per heavy atom. The van der Waals surface area contributed by atoms with E-state index in [0.29, 0.717) is 5.91 Å². The molecule has 0 aromatic carbocycles. The summed E-state index contributed by atoms with van der Waals surface area (Å²) in [6.45, 7) is 2.26. The third kappa shape index (κ3) is 3.11. The molecule has 1 saturated heterocycles. The first-order valence-electron chi connectivity index (χ1n) is 7.01. The van der Waals surface area contributed by atoms with Crippen molar-refractivity contribution in [2.24, 2.45) is 16.8 Å². The van der Waals surface area contributed by atoms with Crippen molar-refractivity contribution >= 4 is 28.7 Å². The van der Waals surface area contributed by atoms with Crippen LogP contribution in [0.25, 0.3) is 0 Å². The van der Waals surface area contributed by atoms with Crippen molar-refractivity contribution in [3.8, 4) is 0 Å². The summed E-state index contributed by atoms with van der Waals surface area (Å²) in [5, 5.41) is 3.66. The number of nitrogens with one attached hydrogen (secondary N) is 1. The number of hydrogen-bond donors (Lipinski definition) is 1. The largest absolute Gasteiger partial charge is 0.342 e. The van der Waals surface area contributed by atoms with Gasteiger partial charge in [0.25, 0.3) is 0 Å². The molecular formula is C13H19N3O2S. The molecule has 0 atom stereocenters. The van der Waals surface area contributed by atoms with E-state index < -0.39 is 0 Å². The molecule has 0 radical (unpaired) electrons. The van der Waals surface area contributed by atoms with Crippen LogP contribution in [0, 0.1) is 11.8 Å². The zero-order chi connectivity index (χ0) is 13.2. The Bertz CT molecular complexity index is 412. The van der Waals surface area contributed by atoms with Gasteiger partial charge >= 0.3 is 0 Å². The molecule has 2 amide bonds. The Hall–Kier alpha value is -1.04. The predicted octanol–water partition coefficient (Wildman–Crippen LogP) is 0.854. The maximum atomic E-state index is 12.1. The fourth-order valence-corrected chi connectivity index (χ4v) is 3.30. The van der Waals surface area contributed by atoms with E-state index in [1.54, 1.807) is 11.8 Å². The van der Waals surface area contributed by atoms with Crippen LogP contribution in [-0.2, 0) is 9.59 Å². The van der Waals surface area contributed by atoms with Crippen molar-refractivity contribution in [3.63, 3.8) is 0 Å². The molecule has 2 fully saturated rings. The van der Waals surface area contributed by atoms with Gasteiger partial charge in [-0.15, -0.1) is 0 Å². The first-order valence-corrected chi connectivity index (χ1v) is 7.99. The monoisotopic (exact) mass is 281 g/mol.